The van der Waals surface area contributed by atoms with Crippen LogP contribution >= 0.6 is 0 Å². The smallest absolute Gasteiger partial charge is 0.213 e. The summed E-state index contributed by atoms with van der Waals surface area (Å²) in [5, 5.41) is 16.6. The SMILES string of the molecule is COc1ccc(O)c(CNCCc2ncon2)c1. The Morgan fingerprint density at radius 3 is 3.06 bits per heavy atom. The van der Waals surface area contributed by atoms with Crippen molar-refractivity contribution in [1.82, 2.24) is 15.5 Å². The highest BCUT2D eigenvalue weighted by Crippen LogP contribution is 2.22. The van der Waals surface area contributed by atoms with Gasteiger partial charge in [0, 0.05) is 25.1 Å². The molecule has 0 radical (unpaired) electrons. The van der Waals surface area contributed by atoms with Crippen LogP contribution in [0.5, 0.6) is 11.5 Å². The van der Waals surface area contributed by atoms with Gasteiger partial charge in [0.15, 0.2) is 5.82 Å². The number of phenolic OH excluding ortho intramolecular Hbond substituents is 1. The number of methoxy groups -OCH3 is 1. The molecule has 0 unspecified atom stereocenters. The first-order valence-corrected chi connectivity index (χ1v) is 5.61. The van der Waals surface area contributed by atoms with Gasteiger partial charge in [-0.25, -0.2) is 0 Å². The molecule has 2 N–H and O–H groups in total. The lowest BCUT2D eigenvalue weighted by Gasteiger charge is -2.08. The number of nitrogens with zero attached hydrogens (tertiary/aromatic N) is 2. The molecule has 1 aromatic carbocycles. The van der Waals surface area contributed by atoms with E-state index in [1.54, 1.807) is 25.3 Å². The van der Waals surface area contributed by atoms with E-state index in [0.29, 0.717) is 25.3 Å². The van der Waals surface area contributed by atoms with E-state index in [1.165, 1.54) is 6.39 Å². The van der Waals surface area contributed by atoms with Crippen molar-refractivity contribution < 1.29 is 14.4 Å². The van der Waals surface area contributed by atoms with Gasteiger partial charge in [-0.05, 0) is 18.2 Å². The van der Waals surface area contributed by atoms with E-state index in [4.69, 9.17) is 4.74 Å². The molecular weight excluding hydrogens is 234 g/mol. The van der Waals surface area contributed by atoms with E-state index in [2.05, 4.69) is 20.0 Å². The molecule has 6 heteroatoms. The summed E-state index contributed by atoms with van der Waals surface area (Å²) in [4.78, 5) is 3.92. The number of rotatable bonds is 6. The standard InChI is InChI=1S/C12H15N3O3/c1-17-10-2-3-11(16)9(6-10)7-13-5-4-12-14-8-18-15-12/h2-3,6,8,13,16H,4-5,7H2,1H3. The largest absolute Gasteiger partial charge is 0.508 e. The molecule has 0 aliphatic carbocycles. The number of aromatic nitrogens is 2. The van der Waals surface area contributed by atoms with Crippen molar-refractivity contribution in [1.29, 1.82) is 0 Å². The van der Waals surface area contributed by atoms with Gasteiger partial charge in [0.1, 0.15) is 11.5 Å². The molecule has 1 heterocycles. The number of phenols is 1. The Hall–Kier alpha value is -2.08. The molecule has 0 bridgehead atoms. The van der Waals surface area contributed by atoms with Crippen molar-refractivity contribution in [2.75, 3.05) is 13.7 Å². The molecule has 2 aromatic rings. The summed E-state index contributed by atoms with van der Waals surface area (Å²) in [5.41, 5.74) is 0.794. The lowest BCUT2D eigenvalue weighted by atomic mass is 10.2. The van der Waals surface area contributed by atoms with Crippen molar-refractivity contribution in [3.63, 3.8) is 0 Å². The zero-order valence-electron chi connectivity index (χ0n) is 10.1. The van der Waals surface area contributed by atoms with Crippen LogP contribution in [0.4, 0.5) is 0 Å². The summed E-state index contributed by atoms with van der Waals surface area (Å²) in [5.74, 6) is 1.64. The number of hydrogen-bond donors (Lipinski definition) is 2. The van der Waals surface area contributed by atoms with Gasteiger partial charge in [-0.1, -0.05) is 5.16 Å². The van der Waals surface area contributed by atoms with Crippen LogP contribution in [0.1, 0.15) is 11.4 Å². The molecule has 96 valence electrons. The summed E-state index contributed by atoms with van der Waals surface area (Å²) in [7, 11) is 1.60. The predicted octanol–water partition coefficient (Wildman–Crippen LogP) is 1.12. The number of ether oxygens (including phenoxy) is 1. The molecule has 2 rings (SSSR count). The quantitative estimate of drug-likeness (QED) is 0.747. The van der Waals surface area contributed by atoms with Crippen LogP contribution in [0, 0.1) is 0 Å². The first-order chi connectivity index (χ1) is 8.79. The van der Waals surface area contributed by atoms with Gasteiger partial charge in [-0.2, -0.15) is 4.98 Å². The summed E-state index contributed by atoms with van der Waals surface area (Å²) in [6, 6.07) is 5.14. The maximum atomic E-state index is 9.68. The Labute approximate surface area is 105 Å². The summed E-state index contributed by atoms with van der Waals surface area (Å²) in [6.07, 6.45) is 1.99. The van der Waals surface area contributed by atoms with Gasteiger partial charge in [-0.3, -0.25) is 0 Å². The molecular formula is C12H15N3O3. The van der Waals surface area contributed by atoms with Gasteiger partial charge in [0.25, 0.3) is 0 Å². The van der Waals surface area contributed by atoms with Gasteiger partial charge in [0.2, 0.25) is 6.39 Å². The van der Waals surface area contributed by atoms with E-state index < -0.39 is 0 Å². The topological polar surface area (TPSA) is 80.4 Å². The summed E-state index contributed by atoms with van der Waals surface area (Å²) in [6.45, 7) is 1.26. The molecule has 0 saturated heterocycles. The Morgan fingerprint density at radius 2 is 2.33 bits per heavy atom. The monoisotopic (exact) mass is 249 g/mol. The molecule has 0 spiro atoms. The number of nitrogens with one attached hydrogen (secondary N) is 1. The van der Waals surface area contributed by atoms with Gasteiger partial charge >= 0.3 is 0 Å². The molecule has 0 fully saturated rings. The highest BCUT2D eigenvalue weighted by molar-refractivity contribution is 5.39. The second kappa shape index (κ2) is 6.02. The third-order valence-corrected chi connectivity index (χ3v) is 2.53. The minimum atomic E-state index is 0.253. The number of aromatic hydroxyl groups is 1. The molecule has 0 aliphatic rings. The Bertz CT molecular complexity index is 485. The van der Waals surface area contributed by atoms with Crippen LogP contribution in [0.25, 0.3) is 0 Å². The van der Waals surface area contributed by atoms with Gasteiger partial charge in [0.05, 0.1) is 7.11 Å². The van der Waals surface area contributed by atoms with Crippen molar-refractivity contribution in [3.8, 4) is 11.5 Å². The number of hydrogen-bond acceptors (Lipinski definition) is 6. The highest BCUT2D eigenvalue weighted by Gasteiger charge is 2.03. The van der Waals surface area contributed by atoms with Gasteiger partial charge < -0.3 is 19.7 Å². The van der Waals surface area contributed by atoms with Crippen LogP contribution in [-0.2, 0) is 13.0 Å². The van der Waals surface area contributed by atoms with E-state index in [1.807, 2.05) is 0 Å². The minimum Gasteiger partial charge on any atom is -0.508 e. The van der Waals surface area contributed by atoms with Gasteiger partial charge in [-0.15, -0.1) is 0 Å². The predicted molar refractivity (Wildman–Crippen MR) is 64.4 cm³/mol. The molecule has 0 saturated carbocycles. The maximum Gasteiger partial charge on any atom is 0.213 e. The van der Waals surface area contributed by atoms with Crippen LogP contribution in [0.2, 0.25) is 0 Å². The zero-order chi connectivity index (χ0) is 12.8. The lowest BCUT2D eigenvalue weighted by molar-refractivity contribution is 0.408. The lowest BCUT2D eigenvalue weighted by Crippen LogP contribution is -2.17. The molecule has 0 amide bonds. The van der Waals surface area contributed by atoms with Crippen LogP contribution in [0.15, 0.2) is 29.1 Å². The summed E-state index contributed by atoms with van der Waals surface area (Å²) < 4.78 is 9.74. The van der Waals surface area contributed by atoms with Crippen molar-refractivity contribution >= 4 is 0 Å². The van der Waals surface area contributed by atoms with Crippen LogP contribution in [-0.4, -0.2) is 28.9 Å². The van der Waals surface area contributed by atoms with Crippen molar-refractivity contribution in [2.24, 2.45) is 0 Å². The van der Waals surface area contributed by atoms with Crippen molar-refractivity contribution in [2.45, 2.75) is 13.0 Å². The second-order valence-electron chi connectivity index (χ2n) is 3.77. The maximum absolute atomic E-state index is 9.68. The fourth-order valence-corrected chi connectivity index (χ4v) is 1.56. The number of benzene rings is 1. The Morgan fingerprint density at radius 1 is 1.44 bits per heavy atom. The normalized spacial score (nSPS) is 10.5. The average molecular weight is 249 g/mol. The van der Waals surface area contributed by atoms with E-state index >= 15 is 0 Å². The van der Waals surface area contributed by atoms with E-state index in [-0.39, 0.29) is 5.75 Å². The Balaban J connectivity index is 1.82. The zero-order valence-corrected chi connectivity index (χ0v) is 10.1. The Kier molecular flexibility index (Phi) is 4.14. The summed E-state index contributed by atoms with van der Waals surface area (Å²) >= 11 is 0. The molecule has 0 atom stereocenters. The first-order valence-electron chi connectivity index (χ1n) is 5.61. The van der Waals surface area contributed by atoms with Crippen molar-refractivity contribution in [3.05, 3.63) is 36.0 Å². The van der Waals surface area contributed by atoms with E-state index in [9.17, 15) is 5.11 Å². The molecule has 18 heavy (non-hydrogen) atoms. The average Bonchev–Trinajstić information content (AvgIpc) is 2.89. The molecule has 0 aliphatic heterocycles. The van der Waals surface area contributed by atoms with Crippen LogP contribution in [0.3, 0.4) is 0 Å². The molecule has 6 nitrogen and oxygen atoms in total. The minimum absolute atomic E-state index is 0.253. The third kappa shape index (κ3) is 3.21. The van der Waals surface area contributed by atoms with Crippen LogP contribution < -0.4 is 10.1 Å². The highest BCUT2D eigenvalue weighted by atomic mass is 16.5. The molecule has 1 aromatic heterocycles. The second-order valence-corrected chi connectivity index (χ2v) is 3.77. The van der Waals surface area contributed by atoms with E-state index in [0.717, 1.165) is 11.3 Å². The fraction of sp³-hybridized carbons (Fsp3) is 0.333. The fourth-order valence-electron chi connectivity index (χ4n) is 1.56. The third-order valence-electron chi connectivity index (χ3n) is 2.53. The first kappa shape index (κ1) is 12.4.